The maximum Gasteiger partial charge on any atom is 0.161 e. The maximum absolute atomic E-state index is 5.32. The molecular formula is C15H15Br2NO2. The lowest BCUT2D eigenvalue weighted by Crippen LogP contribution is -2.01. The predicted octanol–water partition coefficient (Wildman–Crippen LogP) is 4.84. The summed E-state index contributed by atoms with van der Waals surface area (Å²) in [5, 5.41) is 3.37. The predicted molar refractivity (Wildman–Crippen MR) is 88.7 cm³/mol. The summed E-state index contributed by atoms with van der Waals surface area (Å²) >= 11 is 6.98. The molecule has 3 nitrogen and oxygen atoms in total. The van der Waals surface area contributed by atoms with Crippen LogP contribution >= 0.6 is 31.9 Å². The molecule has 0 fully saturated rings. The molecule has 106 valence electrons. The quantitative estimate of drug-likeness (QED) is 0.778. The molecule has 0 bridgehead atoms. The Bertz CT molecular complexity index is 585. The highest BCUT2D eigenvalue weighted by atomic mass is 79.9. The van der Waals surface area contributed by atoms with Crippen LogP contribution < -0.4 is 14.8 Å². The van der Waals surface area contributed by atoms with Crippen molar-refractivity contribution in [3.05, 3.63) is 50.9 Å². The van der Waals surface area contributed by atoms with Crippen molar-refractivity contribution in [2.45, 2.75) is 6.54 Å². The van der Waals surface area contributed by atoms with Crippen molar-refractivity contribution in [1.82, 2.24) is 0 Å². The van der Waals surface area contributed by atoms with Crippen LogP contribution in [0.2, 0.25) is 0 Å². The first-order valence-corrected chi connectivity index (χ1v) is 7.62. The summed E-state index contributed by atoms with van der Waals surface area (Å²) in [4.78, 5) is 0. The van der Waals surface area contributed by atoms with Crippen LogP contribution in [0.15, 0.2) is 45.3 Å². The van der Waals surface area contributed by atoms with E-state index < -0.39 is 0 Å². The Hall–Kier alpha value is -1.20. The Morgan fingerprint density at radius 1 is 0.950 bits per heavy atom. The Labute approximate surface area is 135 Å². The van der Waals surface area contributed by atoms with Gasteiger partial charge in [0.15, 0.2) is 11.5 Å². The average Bonchev–Trinajstić information content (AvgIpc) is 2.47. The molecule has 0 spiro atoms. The molecule has 0 radical (unpaired) electrons. The number of rotatable bonds is 5. The minimum Gasteiger partial charge on any atom is -0.493 e. The van der Waals surface area contributed by atoms with Crippen LogP contribution in [0.4, 0.5) is 5.69 Å². The lowest BCUT2D eigenvalue weighted by molar-refractivity contribution is 0.354. The fourth-order valence-corrected chi connectivity index (χ4v) is 2.52. The van der Waals surface area contributed by atoms with Gasteiger partial charge in [0.1, 0.15) is 0 Å². The van der Waals surface area contributed by atoms with Crippen molar-refractivity contribution in [2.75, 3.05) is 19.5 Å². The lowest BCUT2D eigenvalue weighted by Gasteiger charge is -2.13. The Morgan fingerprint density at radius 3 is 2.15 bits per heavy atom. The smallest absolute Gasteiger partial charge is 0.161 e. The summed E-state index contributed by atoms with van der Waals surface area (Å²) < 4.78 is 12.6. The van der Waals surface area contributed by atoms with Gasteiger partial charge in [0.05, 0.1) is 14.2 Å². The van der Waals surface area contributed by atoms with Gasteiger partial charge in [-0.25, -0.2) is 0 Å². The molecule has 0 aliphatic heterocycles. The van der Waals surface area contributed by atoms with Crippen molar-refractivity contribution in [2.24, 2.45) is 0 Å². The van der Waals surface area contributed by atoms with E-state index >= 15 is 0 Å². The van der Waals surface area contributed by atoms with Gasteiger partial charge in [-0.2, -0.15) is 0 Å². The number of methoxy groups -OCH3 is 2. The molecule has 0 amide bonds. The van der Waals surface area contributed by atoms with Crippen LogP contribution in [0.5, 0.6) is 11.5 Å². The highest BCUT2D eigenvalue weighted by molar-refractivity contribution is 9.10. The molecule has 0 aromatic heterocycles. The number of hydrogen-bond acceptors (Lipinski definition) is 3. The van der Waals surface area contributed by atoms with Gasteiger partial charge in [0.25, 0.3) is 0 Å². The molecule has 1 N–H and O–H groups in total. The van der Waals surface area contributed by atoms with E-state index in [2.05, 4.69) is 37.2 Å². The highest BCUT2D eigenvalue weighted by Crippen LogP contribution is 2.33. The number of anilines is 1. The summed E-state index contributed by atoms with van der Waals surface area (Å²) in [7, 11) is 3.27. The van der Waals surface area contributed by atoms with Gasteiger partial charge in [0.2, 0.25) is 0 Å². The molecule has 0 aliphatic rings. The fourth-order valence-electron chi connectivity index (χ4n) is 1.80. The number of ether oxygens (including phenoxy) is 2. The minimum atomic E-state index is 0.697. The topological polar surface area (TPSA) is 30.5 Å². The zero-order chi connectivity index (χ0) is 14.5. The zero-order valence-electron chi connectivity index (χ0n) is 11.2. The van der Waals surface area contributed by atoms with Crippen molar-refractivity contribution in [3.63, 3.8) is 0 Å². The standard InChI is InChI=1S/C15H15Br2NO2/c1-19-14-7-10(13(17)8-15(14)20-2)9-18-12-5-3-11(16)4-6-12/h3-8,18H,9H2,1-2H3. The summed E-state index contributed by atoms with van der Waals surface area (Å²) in [6, 6.07) is 11.9. The molecular weight excluding hydrogens is 386 g/mol. The Morgan fingerprint density at radius 2 is 1.55 bits per heavy atom. The Balaban J connectivity index is 2.14. The third-order valence-corrected chi connectivity index (χ3v) is 4.15. The molecule has 0 atom stereocenters. The van der Waals surface area contributed by atoms with E-state index in [1.54, 1.807) is 14.2 Å². The average molecular weight is 401 g/mol. The molecule has 20 heavy (non-hydrogen) atoms. The fraction of sp³-hybridized carbons (Fsp3) is 0.200. The summed E-state index contributed by atoms with van der Waals surface area (Å²) in [5.41, 5.74) is 2.17. The second kappa shape index (κ2) is 6.99. The Kier molecular flexibility index (Phi) is 5.31. The van der Waals surface area contributed by atoms with Gasteiger partial charge in [0, 0.05) is 21.2 Å². The minimum absolute atomic E-state index is 0.697. The van der Waals surface area contributed by atoms with E-state index in [-0.39, 0.29) is 0 Å². The van der Waals surface area contributed by atoms with Crippen molar-refractivity contribution in [1.29, 1.82) is 0 Å². The van der Waals surface area contributed by atoms with E-state index in [0.717, 1.165) is 25.9 Å². The second-order valence-corrected chi connectivity index (χ2v) is 5.93. The van der Waals surface area contributed by atoms with Gasteiger partial charge in [-0.05, 0) is 42.0 Å². The molecule has 0 saturated heterocycles. The van der Waals surface area contributed by atoms with Crippen LogP contribution in [-0.4, -0.2) is 14.2 Å². The molecule has 5 heteroatoms. The van der Waals surface area contributed by atoms with Gasteiger partial charge < -0.3 is 14.8 Å². The summed E-state index contributed by atoms with van der Waals surface area (Å²) in [6.45, 7) is 0.697. The summed E-state index contributed by atoms with van der Waals surface area (Å²) in [5.74, 6) is 1.44. The molecule has 0 unspecified atom stereocenters. The van der Waals surface area contributed by atoms with Crippen molar-refractivity contribution < 1.29 is 9.47 Å². The van der Waals surface area contributed by atoms with Crippen molar-refractivity contribution in [3.8, 4) is 11.5 Å². The maximum atomic E-state index is 5.32. The van der Waals surface area contributed by atoms with Crippen LogP contribution in [-0.2, 0) is 6.54 Å². The van der Waals surface area contributed by atoms with Gasteiger partial charge in [-0.1, -0.05) is 31.9 Å². The largest absolute Gasteiger partial charge is 0.493 e. The van der Waals surface area contributed by atoms with Gasteiger partial charge in [-0.3, -0.25) is 0 Å². The molecule has 0 heterocycles. The highest BCUT2D eigenvalue weighted by Gasteiger charge is 2.09. The first kappa shape index (κ1) is 15.2. The van der Waals surface area contributed by atoms with Crippen LogP contribution in [0.1, 0.15) is 5.56 Å². The van der Waals surface area contributed by atoms with E-state index in [9.17, 15) is 0 Å². The number of halogens is 2. The first-order chi connectivity index (χ1) is 9.63. The van der Waals surface area contributed by atoms with Gasteiger partial charge in [-0.15, -0.1) is 0 Å². The molecule has 2 aromatic rings. The normalized spacial score (nSPS) is 10.2. The van der Waals surface area contributed by atoms with Crippen molar-refractivity contribution >= 4 is 37.5 Å². The molecule has 2 aromatic carbocycles. The van der Waals surface area contributed by atoms with E-state index in [1.165, 1.54) is 0 Å². The monoisotopic (exact) mass is 399 g/mol. The third-order valence-electron chi connectivity index (χ3n) is 2.88. The molecule has 0 saturated carbocycles. The third kappa shape index (κ3) is 3.67. The van der Waals surface area contributed by atoms with Gasteiger partial charge >= 0.3 is 0 Å². The molecule has 0 aliphatic carbocycles. The lowest BCUT2D eigenvalue weighted by atomic mass is 10.2. The number of nitrogens with one attached hydrogen (secondary N) is 1. The molecule has 2 rings (SSSR count). The first-order valence-electron chi connectivity index (χ1n) is 6.04. The second-order valence-electron chi connectivity index (χ2n) is 4.16. The zero-order valence-corrected chi connectivity index (χ0v) is 14.4. The summed E-state index contributed by atoms with van der Waals surface area (Å²) in [6.07, 6.45) is 0. The van der Waals surface area contributed by atoms with E-state index in [0.29, 0.717) is 12.3 Å². The van der Waals surface area contributed by atoms with Crippen LogP contribution in [0, 0.1) is 0 Å². The van der Waals surface area contributed by atoms with Crippen LogP contribution in [0.3, 0.4) is 0 Å². The number of hydrogen-bond donors (Lipinski definition) is 1. The van der Waals surface area contributed by atoms with E-state index in [4.69, 9.17) is 9.47 Å². The van der Waals surface area contributed by atoms with Crippen LogP contribution in [0.25, 0.3) is 0 Å². The van der Waals surface area contributed by atoms with E-state index in [1.807, 2.05) is 36.4 Å². The number of benzene rings is 2. The SMILES string of the molecule is COc1cc(Br)c(CNc2ccc(Br)cc2)cc1OC.